The van der Waals surface area contributed by atoms with Gasteiger partial charge in [0.15, 0.2) is 6.61 Å². The Kier molecular flexibility index (Phi) is 7.79. The molecule has 0 atom stereocenters. The number of rotatable bonds is 8. The largest absolute Gasteiger partial charge is 0.483 e. The third-order valence-corrected chi connectivity index (χ3v) is 7.16. The molecule has 2 aromatic carbocycles. The van der Waals surface area contributed by atoms with E-state index in [9.17, 15) is 17.6 Å². The second-order valence-corrected chi connectivity index (χ2v) is 9.21. The van der Waals surface area contributed by atoms with Crippen molar-refractivity contribution < 1.29 is 22.3 Å². The van der Waals surface area contributed by atoms with Gasteiger partial charge in [-0.1, -0.05) is 13.8 Å². The molecule has 0 unspecified atom stereocenters. The quantitative estimate of drug-likeness (QED) is 0.604. The predicted molar refractivity (Wildman–Crippen MR) is 114 cm³/mol. The number of nitrogens with one attached hydrogen (secondary N) is 1. The molecular weight excluding hydrogens is 463 g/mol. The molecule has 0 heterocycles. The molecule has 1 N–H and O–H groups in total. The highest BCUT2D eigenvalue weighted by Gasteiger charge is 2.23. The van der Waals surface area contributed by atoms with Crippen LogP contribution >= 0.6 is 15.9 Å². The zero-order valence-electron chi connectivity index (χ0n) is 16.8. The Hall–Kier alpha value is -1.97. The molecule has 158 valence electrons. The van der Waals surface area contributed by atoms with Crippen LogP contribution in [-0.2, 0) is 14.8 Å². The molecule has 2 rings (SSSR count). The van der Waals surface area contributed by atoms with Crippen LogP contribution in [0.15, 0.2) is 39.7 Å². The van der Waals surface area contributed by atoms with Crippen LogP contribution in [0.3, 0.4) is 0 Å². The molecule has 9 heteroatoms. The lowest BCUT2D eigenvalue weighted by Gasteiger charge is -2.20. The van der Waals surface area contributed by atoms with Gasteiger partial charge in [0.05, 0.1) is 9.37 Å². The van der Waals surface area contributed by atoms with Crippen LogP contribution < -0.4 is 10.1 Å². The summed E-state index contributed by atoms with van der Waals surface area (Å²) in [5, 5.41) is 2.70. The van der Waals surface area contributed by atoms with Gasteiger partial charge in [-0.25, -0.2) is 12.8 Å². The van der Waals surface area contributed by atoms with Crippen molar-refractivity contribution in [2.75, 3.05) is 25.0 Å². The number of carbonyl (C=O) groups excluding carboxylic acids is 1. The molecule has 0 aliphatic carbocycles. The maximum atomic E-state index is 13.1. The standard InChI is InChI=1S/C20H24BrFN2O4S/c1-5-24(6-2)29(26,27)16-9-13(3)14(4)18(11-16)23-20(25)12-28-19-8-7-15(22)10-17(19)21/h7-11H,5-6,12H2,1-4H3,(H,23,25). The number of benzene rings is 2. The van der Waals surface area contributed by atoms with Gasteiger partial charge in [-0.05, 0) is 71.2 Å². The van der Waals surface area contributed by atoms with Gasteiger partial charge in [0.1, 0.15) is 11.6 Å². The van der Waals surface area contributed by atoms with E-state index in [1.165, 1.54) is 28.6 Å². The summed E-state index contributed by atoms with van der Waals surface area (Å²) in [7, 11) is -3.65. The van der Waals surface area contributed by atoms with E-state index in [4.69, 9.17) is 4.74 Å². The van der Waals surface area contributed by atoms with Crippen LogP contribution in [0.4, 0.5) is 10.1 Å². The lowest BCUT2D eigenvalue weighted by molar-refractivity contribution is -0.118. The highest BCUT2D eigenvalue weighted by atomic mass is 79.9. The molecule has 1 amide bonds. The summed E-state index contributed by atoms with van der Waals surface area (Å²) in [6, 6.07) is 6.95. The third kappa shape index (κ3) is 5.55. The van der Waals surface area contributed by atoms with E-state index in [0.29, 0.717) is 29.0 Å². The molecule has 0 aliphatic rings. The summed E-state index contributed by atoms with van der Waals surface area (Å²) in [6.07, 6.45) is 0. The van der Waals surface area contributed by atoms with Gasteiger partial charge in [-0.2, -0.15) is 4.31 Å². The Morgan fingerprint density at radius 1 is 1.17 bits per heavy atom. The van der Waals surface area contributed by atoms with Gasteiger partial charge in [0.2, 0.25) is 10.0 Å². The second-order valence-electron chi connectivity index (χ2n) is 6.41. The normalized spacial score (nSPS) is 11.6. The van der Waals surface area contributed by atoms with Crippen molar-refractivity contribution >= 4 is 37.5 Å². The molecule has 0 fully saturated rings. The Morgan fingerprint density at radius 3 is 2.41 bits per heavy atom. The van der Waals surface area contributed by atoms with Gasteiger partial charge in [-0.3, -0.25) is 4.79 Å². The van der Waals surface area contributed by atoms with E-state index in [1.54, 1.807) is 33.8 Å². The van der Waals surface area contributed by atoms with Crippen LogP contribution in [-0.4, -0.2) is 38.3 Å². The van der Waals surface area contributed by atoms with Crippen LogP contribution in [0.2, 0.25) is 0 Å². The average Bonchev–Trinajstić information content (AvgIpc) is 2.65. The first-order valence-electron chi connectivity index (χ1n) is 9.09. The average molecular weight is 487 g/mol. The first-order chi connectivity index (χ1) is 13.6. The SMILES string of the molecule is CCN(CC)S(=O)(=O)c1cc(C)c(C)c(NC(=O)COc2ccc(F)cc2Br)c1. The van der Waals surface area contributed by atoms with Crippen molar-refractivity contribution in [2.24, 2.45) is 0 Å². The summed E-state index contributed by atoms with van der Waals surface area (Å²) in [4.78, 5) is 12.5. The fraction of sp³-hybridized carbons (Fsp3) is 0.350. The van der Waals surface area contributed by atoms with Crippen LogP contribution in [0.25, 0.3) is 0 Å². The van der Waals surface area contributed by atoms with E-state index in [0.717, 1.165) is 11.1 Å². The highest BCUT2D eigenvalue weighted by Crippen LogP contribution is 2.27. The Morgan fingerprint density at radius 2 is 1.83 bits per heavy atom. The number of aryl methyl sites for hydroxylation is 1. The number of nitrogens with zero attached hydrogens (tertiary/aromatic N) is 1. The van der Waals surface area contributed by atoms with E-state index < -0.39 is 21.7 Å². The monoisotopic (exact) mass is 486 g/mol. The van der Waals surface area contributed by atoms with Crippen LogP contribution in [0, 0.1) is 19.7 Å². The zero-order valence-corrected chi connectivity index (χ0v) is 19.2. The number of hydrogen-bond acceptors (Lipinski definition) is 4. The van der Waals surface area contributed by atoms with Crippen molar-refractivity contribution in [3.05, 3.63) is 51.7 Å². The number of halogens is 2. The maximum Gasteiger partial charge on any atom is 0.262 e. The second kappa shape index (κ2) is 9.69. The predicted octanol–water partition coefficient (Wildman–Crippen LogP) is 4.25. The van der Waals surface area contributed by atoms with Crippen molar-refractivity contribution in [3.63, 3.8) is 0 Å². The molecule has 29 heavy (non-hydrogen) atoms. The summed E-state index contributed by atoms with van der Waals surface area (Å²) < 4.78 is 46.0. The molecular formula is C20H24BrFN2O4S. The van der Waals surface area contributed by atoms with Crippen molar-refractivity contribution in [2.45, 2.75) is 32.6 Å². The van der Waals surface area contributed by atoms with Crippen LogP contribution in [0.1, 0.15) is 25.0 Å². The first-order valence-corrected chi connectivity index (χ1v) is 11.3. The third-order valence-electron chi connectivity index (χ3n) is 4.51. The molecule has 0 saturated carbocycles. The van der Waals surface area contributed by atoms with Crippen molar-refractivity contribution in [1.29, 1.82) is 0 Å². The van der Waals surface area contributed by atoms with Gasteiger partial charge < -0.3 is 10.1 Å². The van der Waals surface area contributed by atoms with Crippen LogP contribution in [0.5, 0.6) is 5.75 Å². The number of hydrogen-bond donors (Lipinski definition) is 1. The fourth-order valence-electron chi connectivity index (χ4n) is 2.74. The zero-order chi connectivity index (χ0) is 21.8. The topological polar surface area (TPSA) is 75.7 Å². The first kappa shape index (κ1) is 23.3. The number of ether oxygens (including phenoxy) is 1. The van der Waals surface area contributed by atoms with Gasteiger partial charge in [-0.15, -0.1) is 0 Å². The van der Waals surface area contributed by atoms with E-state index >= 15 is 0 Å². The van der Waals surface area contributed by atoms with Crippen molar-refractivity contribution in [1.82, 2.24) is 4.31 Å². The molecule has 0 aliphatic heterocycles. The minimum Gasteiger partial charge on any atom is -0.483 e. The Bertz CT molecular complexity index is 1010. The highest BCUT2D eigenvalue weighted by molar-refractivity contribution is 9.10. The lowest BCUT2D eigenvalue weighted by Crippen LogP contribution is -2.31. The van der Waals surface area contributed by atoms with E-state index in [1.807, 2.05) is 0 Å². The summed E-state index contributed by atoms with van der Waals surface area (Å²) in [6.45, 7) is 7.54. The fourth-order valence-corrected chi connectivity index (χ4v) is 4.78. The molecule has 2 aromatic rings. The number of carbonyl (C=O) groups is 1. The van der Waals surface area contributed by atoms with Gasteiger partial charge in [0.25, 0.3) is 5.91 Å². The molecule has 0 aromatic heterocycles. The minimum atomic E-state index is -3.65. The van der Waals surface area contributed by atoms with Gasteiger partial charge in [0, 0.05) is 18.8 Å². The smallest absolute Gasteiger partial charge is 0.262 e. The number of sulfonamides is 1. The Balaban J connectivity index is 2.21. The molecule has 0 radical (unpaired) electrons. The number of amides is 1. The summed E-state index contributed by atoms with van der Waals surface area (Å²) in [5.41, 5.74) is 1.91. The van der Waals surface area contributed by atoms with E-state index in [2.05, 4.69) is 21.2 Å². The molecule has 0 bridgehead atoms. The van der Waals surface area contributed by atoms with Crippen molar-refractivity contribution in [3.8, 4) is 5.75 Å². The number of anilines is 1. The van der Waals surface area contributed by atoms with Gasteiger partial charge >= 0.3 is 0 Å². The molecule has 0 saturated heterocycles. The Labute approximate surface area is 179 Å². The maximum absolute atomic E-state index is 13.1. The van der Waals surface area contributed by atoms with E-state index in [-0.39, 0.29) is 11.5 Å². The minimum absolute atomic E-state index is 0.127. The molecule has 0 spiro atoms. The summed E-state index contributed by atoms with van der Waals surface area (Å²) in [5.74, 6) is -0.556. The molecule has 6 nitrogen and oxygen atoms in total. The summed E-state index contributed by atoms with van der Waals surface area (Å²) >= 11 is 3.18. The lowest BCUT2D eigenvalue weighted by atomic mass is 10.1.